The van der Waals surface area contributed by atoms with Crippen molar-refractivity contribution < 1.29 is 23.6 Å². The van der Waals surface area contributed by atoms with Crippen LogP contribution >= 0.6 is 0 Å². The van der Waals surface area contributed by atoms with Crippen LogP contribution in [0.2, 0.25) is 0 Å². The molecular formula is C19H24FN4O4. The van der Waals surface area contributed by atoms with E-state index in [4.69, 9.17) is 5.73 Å². The molecule has 1 fully saturated rings. The van der Waals surface area contributed by atoms with Gasteiger partial charge in [0.05, 0.1) is 18.7 Å². The number of para-hydroxylation sites is 1. The van der Waals surface area contributed by atoms with E-state index in [1.54, 1.807) is 6.92 Å². The Bertz CT molecular complexity index is 755. The lowest BCUT2D eigenvalue weighted by Crippen LogP contribution is -2.51. The van der Waals surface area contributed by atoms with Crippen LogP contribution in [0.3, 0.4) is 0 Å². The molecule has 9 heteroatoms. The predicted octanol–water partition coefficient (Wildman–Crippen LogP) is 1.22. The van der Waals surface area contributed by atoms with Gasteiger partial charge in [-0.2, -0.15) is 0 Å². The van der Waals surface area contributed by atoms with Crippen LogP contribution in [-0.2, 0) is 14.4 Å². The zero-order valence-corrected chi connectivity index (χ0v) is 15.6. The number of carbonyl (C=O) groups is 4. The third kappa shape index (κ3) is 5.59. The fourth-order valence-electron chi connectivity index (χ4n) is 2.81. The fraction of sp³-hybridized carbons (Fsp3) is 0.421. The second-order valence-corrected chi connectivity index (χ2v) is 6.66. The minimum Gasteiger partial charge on any atom is -0.369 e. The van der Waals surface area contributed by atoms with Crippen LogP contribution in [0.5, 0.6) is 0 Å². The quantitative estimate of drug-likeness (QED) is 0.673. The van der Waals surface area contributed by atoms with Gasteiger partial charge in [0.25, 0.3) is 0 Å². The highest BCUT2D eigenvalue weighted by Crippen LogP contribution is 2.18. The topological polar surface area (TPSA) is 122 Å². The smallest absolute Gasteiger partial charge is 0.329 e. The first-order valence-corrected chi connectivity index (χ1v) is 9.06. The number of hydrogen-bond acceptors (Lipinski definition) is 5. The number of halogens is 1. The van der Waals surface area contributed by atoms with E-state index in [9.17, 15) is 23.6 Å². The second-order valence-electron chi connectivity index (χ2n) is 6.66. The molecule has 4 N–H and O–H groups in total. The summed E-state index contributed by atoms with van der Waals surface area (Å²) in [7, 11) is 0. The Morgan fingerprint density at radius 3 is 2.79 bits per heavy atom. The fourth-order valence-corrected chi connectivity index (χ4v) is 2.81. The highest BCUT2D eigenvalue weighted by molar-refractivity contribution is 6.08. The minimum absolute atomic E-state index is 0.0246. The Kier molecular flexibility index (Phi) is 7.62. The molecule has 0 aromatic heterocycles. The van der Waals surface area contributed by atoms with Crippen LogP contribution in [-0.4, -0.2) is 47.7 Å². The molecule has 1 heterocycles. The highest BCUT2D eigenvalue weighted by Gasteiger charge is 2.35. The van der Waals surface area contributed by atoms with E-state index in [1.807, 2.05) is 0 Å². The summed E-state index contributed by atoms with van der Waals surface area (Å²) < 4.78 is 13.9. The van der Waals surface area contributed by atoms with Crippen LogP contribution in [0.4, 0.5) is 14.9 Å². The number of imide groups is 1. The molecule has 1 unspecified atom stereocenters. The van der Waals surface area contributed by atoms with Gasteiger partial charge in [0.1, 0.15) is 11.9 Å². The number of nitrogens with zero attached hydrogens (tertiary/aromatic N) is 1. The number of nitrogens with two attached hydrogens (primary N) is 1. The van der Waals surface area contributed by atoms with E-state index >= 15 is 0 Å². The van der Waals surface area contributed by atoms with Gasteiger partial charge in [-0.3, -0.25) is 19.3 Å². The number of urea groups is 1. The number of primary amides is 1. The summed E-state index contributed by atoms with van der Waals surface area (Å²) in [6, 6.07) is 3.64. The van der Waals surface area contributed by atoms with Gasteiger partial charge in [-0.15, -0.1) is 0 Å². The lowest BCUT2D eigenvalue weighted by atomic mass is 10.0. The SMILES string of the molecule is CC(C[CH]C(=O)N(C(=O)Nc1ccccc1F)[C@H]1CCCNCC1=O)C(N)=O. The Balaban J connectivity index is 2.22. The third-order valence-corrected chi connectivity index (χ3v) is 4.52. The maximum absolute atomic E-state index is 13.9. The molecule has 8 nitrogen and oxygen atoms in total. The molecule has 1 aromatic rings. The number of carbonyl (C=O) groups excluding carboxylic acids is 4. The van der Waals surface area contributed by atoms with E-state index in [2.05, 4.69) is 10.6 Å². The molecule has 151 valence electrons. The van der Waals surface area contributed by atoms with Crippen molar-refractivity contribution in [1.29, 1.82) is 0 Å². The minimum atomic E-state index is -0.977. The van der Waals surface area contributed by atoms with Gasteiger partial charge in [0, 0.05) is 5.92 Å². The Morgan fingerprint density at radius 1 is 1.39 bits per heavy atom. The molecule has 4 amide bonds. The molecule has 1 aromatic carbocycles. The number of amides is 4. The maximum Gasteiger partial charge on any atom is 0.329 e. The summed E-state index contributed by atoms with van der Waals surface area (Å²) >= 11 is 0. The Morgan fingerprint density at radius 2 is 2.11 bits per heavy atom. The second kappa shape index (κ2) is 9.93. The number of nitrogens with one attached hydrogen (secondary N) is 2. The molecule has 1 saturated heterocycles. The van der Waals surface area contributed by atoms with Crippen molar-refractivity contribution >= 4 is 29.3 Å². The van der Waals surface area contributed by atoms with Crippen LogP contribution < -0.4 is 16.4 Å². The molecule has 0 spiro atoms. The average Bonchev–Trinajstić information content (AvgIpc) is 2.86. The largest absolute Gasteiger partial charge is 0.369 e. The number of hydrogen-bond donors (Lipinski definition) is 3. The first kappa shape index (κ1) is 21.5. The summed E-state index contributed by atoms with van der Waals surface area (Å²) in [5, 5.41) is 5.28. The Labute approximate surface area is 162 Å². The molecule has 1 radical (unpaired) electrons. The van der Waals surface area contributed by atoms with Crippen LogP contribution in [0.15, 0.2) is 24.3 Å². The zero-order chi connectivity index (χ0) is 20.7. The van der Waals surface area contributed by atoms with E-state index < -0.39 is 35.6 Å². The molecule has 28 heavy (non-hydrogen) atoms. The first-order valence-electron chi connectivity index (χ1n) is 9.06. The number of rotatable bonds is 6. The molecule has 1 aliphatic heterocycles. The van der Waals surface area contributed by atoms with E-state index in [-0.39, 0.29) is 24.4 Å². The van der Waals surface area contributed by atoms with Gasteiger partial charge < -0.3 is 16.4 Å². The zero-order valence-electron chi connectivity index (χ0n) is 15.6. The van der Waals surface area contributed by atoms with E-state index in [0.29, 0.717) is 19.4 Å². The van der Waals surface area contributed by atoms with Gasteiger partial charge in [-0.05, 0) is 37.9 Å². The normalized spacial score (nSPS) is 18.1. The lowest BCUT2D eigenvalue weighted by Gasteiger charge is -2.28. The van der Waals surface area contributed by atoms with Crippen molar-refractivity contribution in [3.8, 4) is 0 Å². The summed E-state index contributed by atoms with van der Waals surface area (Å²) in [4.78, 5) is 49.9. The number of benzene rings is 1. The summed E-state index contributed by atoms with van der Waals surface area (Å²) in [6.07, 6.45) is 2.06. The summed E-state index contributed by atoms with van der Waals surface area (Å²) in [5.74, 6) is -2.90. The lowest BCUT2D eigenvalue weighted by molar-refractivity contribution is -0.133. The van der Waals surface area contributed by atoms with E-state index in [1.165, 1.54) is 24.3 Å². The van der Waals surface area contributed by atoms with E-state index in [0.717, 1.165) is 11.3 Å². The third-order valence-electron chi connectivity index (χ3n) is 4.52. The predicted molar refractivity (Wildman–Crippen MR) is 100 cm³/mol. The molecule has 1 aliphatic rings. The molecule has 0 aliphatic carbocycles. The molecule has 2 rings (SSSR count). The van der Waals surface area contributed by atoms with Crippen molar-refractivity contribution in [3.05, 3.63) is 36.5 Å². The highest BCUT2D eigenvalue weighted by atomic mass is 19.1. The van der Waals surface area contributed by atoms with Gasteiger partial charge in [0.15, 0.2) is 5.78 Å². The van der Waals surface area contributed by atoms with Crippen LogP contribution in [0.1, 0.15) is 26.2 Å². The summed E-state index contributed by atoms with van der Waals surface area (Å²) in [5.41, 5.74) is 5.09. The maximum atomic E-state index is 13.9. The van der Waals surface area contributed by atoms with Crippen molar-refractivity contribution in [1.82, 2.24) is 10.2 Å². The van der Waals surface area contributed by atoms with Gasteiger partial charge >= 0.3 is 6.03 Å². The molecule has 0 bridgehead atoms. The van der Waals surface area contributed by atoms with Crippen molar-refractivity contribution in [3.63, 3.8) is 0 Å². The Hall–Kier alpha value is -2.81. The van der Waals surface area contributed by atoms with Crippen LogP contribution in [0.25, 0.3) is 0 Å². The monoisotopic (exact) mass is 391 g/mol. The standard InChI is InChI=1S/C19H24FN4O4/c1-12(18(21)27)8-9-17(26)24(15-7-4-10-22-11-16(15)25)19(28)23-14-6-3-2-5-13(14)20/h2-3,5-6,9,12,15,22H,4,7-8,10-11H2,1H3,(H2,21,27)(H,23,28)/t12?,15-/m0/s1. The van der Waals surface area contributed by atoms with Crippen molar-refractivity contribution in [2.24, 2.45) is 11.7 Å². The number of Topliss-reactive ketones (excluding diaryl/α,β-unsaturated/α-hetero) is 1. The summed E-state index contributed by atoms with van der Waals surface area (Å²) in [6.45, 7) is 2.16. The molecular weight excluding hydrogens is 367 g/mol. The number of anilines is 1. The first-order chi connectivity index (χ1) is 13.3. The molecule has 2 atom stereocenters. The van der Waals surface area contributed by atoms with Crippen molar-refractivity contribution in [2.75, 3.05) is 18.4 Å². The average molecular weight is 391 g/mol. The van der Waals surface area contributed by atoms with Gasteiger partial charge in [0.2, 0.25) is 11.8 Å². The number of ketones is 1. The van der Waals surface area contributed by atoms with Crippen molar-refractivity contribution in [2.45, 2.75) is 32.2 Å². The van der Waals surface area contributed by atoms with Crippen LogP contribution in [0, 0.1) is 18.2 Å². The molecule has 0 saturated carbocycles. The van der Waals surface area contributed by atoms with Gasteiger partial charge in [-0.1, -0.05) is 19.1 Å². The van der Waals surface area contributed by atoms with Gasteiger partial charge in [-0.25, -0.2) is 9.18 Å².